The third kappa shape index (κ3) is 3.99. The molecule has 0 N–H and O–H groups in total. The van der Waals surface area contributed by atoms with Gasteiger partial charge in [0, 0.05) is 37.6 Å². The lowest BCUT2D eigenvalue weighted by atomic mass is 10.0. The average molecular weight is 349 g/mol. The Morgan fingerprint density at radius 2 is 2.08 bits per heavy atom. The van der Waals surface area contributed by atoms with Crippen LogP contribution in [0.25, 0.3) is 11.3 Å². The van der Waals surface area contributed by atoms with Crippen LogP contribution in [0.2, 0.25) is 0 Å². The Bertz CT molecular complexity index is 785. The van der Waals surface area contributed by atoms with E-state index in [1.807, 2.05) is 10.9 Å². The van der Waals surface area contributed by atoms with Gasteiger partial charge in [0.1, 0.15) is 0 Å². The monoisotopic (exact) mass is 349 g/mol. The van der Waals surface area contributed by atoms with Crippen LogP contribution in [0.15, 0.2) is 24.8 Å². The topological polar surface area (TPSA) is 81.0 Å². The van der Waals surface area contributed by atoms with Gasteiger partial charge in [0.25, 0.3) is 0 Å². The van der Waals surface area contributed by atoms with Crippen molar-refractivity contribution in [3.63, 3.8) is 0 Å². The number of hydrogen-bond donors (Lipinski definition) is 0. The molecule has 0 unspecified atom stereocenters. The Kier molecular flexibility index (Phi) is 4.96. The molecule has 0 aliphatic carbocycles. The highest BCUT2D eigenvalue weighted by atomic mass is 32.2. The molecule has 0 aromatic carbocycles. The van der Waals surface area contributed by atoms with E-state index >= 15 is 0 Å². The van der Waals surface area contributed by atoms with Crippen molar-refractivity contribution in [2.45, 2.75) is 32.7 Å². The second kappa shape index (κ2) is 6.98. The zero-order valence-electron chi connectivity index (χ0n) is 14.1. The summed E-state index contributed by atoms with van der Waals surface area (Å²) >= 11 is 0. The van der Waals surface area contributed by atoms with Crippen molar-refractivity contribution in [1.29, 1.82) is 0 Å². The van der Waals surface area contributed by atoms with Crippen LogP contribution in [0.4, 0.5) is 0 Å². The normalized spacial score (nSPS) is 19.0. The maximum Gasteiger partial charge on any atom is 0.211 e. The van der Waals surface area contributed by atoms with E-state index in [9.17, 15) is 8.42 Å². The Labute approximate surface area is 142 Å². The summed E-state index contributed by atoms with van der Waals surface area (Å²) in [5.74, 6) is 0.312. The lowest BCUT2D eigenvalue weighted by Gasteiger charge is -2.13. The molecule has 0 spiro atoms. The van der Waals surface area contributed by atoms with Gasteiger partial charge in [0.05, 0.1) is 30.0 Å². The van der Waals surface area contributed by atoms with Gasteiger partial charge in [0.2, 0.25) is 10.0 Å². The summed E-state index contributed by atoms with van der Waals surface area (Å²) in [6.45, 7) is 4.19. The first-order valence-corrected chi connectivity index (χ1v) is 10.1. The van der Waals surface area contributed by atoms with Gasteiger partial charge >= 0.3 is 0 Å². The SMILES string of the molecule is CCCn1cc(-c2cnc(C[C@@H]3CCN(S(C)(=O)=O)C3)cn2)cn1. The fraction of sp³-hybridized carbons (Fsp3) is 0.562. The molecule has 0 radical (unpaired) electrons. The predicted octanol–water partition coefficient (Wildman–Crippen LogP) is 1.57. The Hall–Kier alpha value is -1.80. The van der Waals surface area contributed by atoms with Crippen LogP contribution >= 0.6 is 0 Å². The summed E-state index contributed by atoms with van der Waals surface area (Å²) < 4.78 is 26.6. The minimum Gasteiger partial charge on any atom is -0.272 e. The summed E-state index contributed by atoms with van der Waals surface area (Å²) in [4.78, 5) is 8.98. The van der Waals surface area contributed by atoms with Crippen molar-refractivity contribution in [2.75, 3.05) is 19.3 Å². The molecule has 2 aromatic heterocycles. The van der Waals surface area contributed by atoms with E-state index in [4.69, 9.17) is 0 Å². The molecular formula is C16H23N5O2S. The number of sulfonamides is 1. The van der Waals surface area contributed by atoms with E-state index in [1.165, 1.54) is 6.26 Å². The predicted molar refractivity (Wildman–Crippen MR) is 91.8 cm³/mol. The van der Waals surface area contributed by atoms with Crippen LogP contribution in [-0.2, 0) is 23.0 Å². The molecule has 1 aliphatic heterocycles. The number of rotatable bonds is 6. The summed E-state index contributed by atoms with van der Waals surface area (Å²) in [6.07, 6.45) is 11.3. The average Bonchev–Trinajstić information content (AvgIpc) is 3.18. The van der Waals surface area contributed by atoms with Gasteiger partial charge in [-0.15, -0.1) is 0 Å². The molecule has 8 heteroatoms. The fourth-order valence-corrected chi connectivity index (χ4v) is 3.94. The van der Waals surface area contributed by atoms with E-state index in [0.29, 0.717) is 19.0 Å². The molecule has 0 saturated carbocycles. The summed E-state index contributed by atoms with van der Waals surface area (Å²) in [7, 11) is -3.08. The third-order valence-corrected chi connectivity index (χ3v) is 5.57. The molecule has 1 fully saturated rings. The molecule has 24 heavy (non-hydrogen) atoms. The van der Waals surface area contributed by atoms with Gasteiger partial charge in [-0.05, 0) is 25.2 Å². The van der Waals surface area contributed by atoms with Crippen molar-refractivity contribution in [3.8, 4) is 11.3 Å². The molecule has 2 aromatic rings. The molecule has 1 aliphatic rings. The van der Waals surface area contributed by atoms with Crippen LogP contribution in [0.3, 0.4) is 0 Å². The molecule has 1 atom stereocenters. The Morgan fingerprint density at radius 1 is 1.25 bits per heavy atom. The zero-order chi connectivity index (χ0) is 17.2. The highest BCUT2D eigenvalue weighted by Crippen LogP contribution is 2.22. The number of aromatic nitrogens is 4. The first-order valence-electron chi connectivity index (χ1n) is 8.24. The standard InChI is InChI=1S/C16H23N5O2S/c1-3-5-20-12-14(8-19-20)16-10-17-15(9-18-16)7-13-4-6-21(11-13)24(2,22)23/h8-10,12-13H,3-7,11H2,1-2H3/t13-/m0/s1. The van der Waals surface area contributed by atoms with Crippen molar-refractivity contribution < 1.29 is 8.42 Å². The van der Waals surface area contributed by atoms with Crippen molar-refractivity contribution in [2.24, 2.45) is 5.92 Å². The van der Waals surface area contributed by atoms with Crippen molar-refractivity contribution in [3.05, 3.63) is 30.5 Å². The smallest absolute Gasteiger partial charge is 0.211 e. The van der Waals surface area contributed by atoms with Gasteiger partial charge in [-0.1, -0.05) is 6.92 Å². The minimum atomic E-state index is -3.08. The molecule has 130 valence electrons. The number of aryl methyl sites for hydroxylation is 1. The third-order valence-electron chi connectivity index (χ3n) is 4.30. The molecule has 3 rings (SSSR count). The summed E-state index contributed by atoms with van der Waals surface area (Å²) in [6, 6.07) is 0. The number of nitrogens with zero attached hydrogens (tertiary/aromatic N) is 5. The molecule has 7 nitrogen and oxygen atoms in total. The maximum atomic E-state index is 11.6. The lowest BCUT2D eigenvalue weighted by Crippen LogP contribution is -2.27. The largest absolute Gasteiger partial charge is 0.272 e. The van der Waals surface area contributed by atoms with Gasteiger partial charge < -0.3 is 0 Å². The van der Waals surface area contributed by atoms with Crippen LogP contribution in [-0.4, -0.2) is 51.8 Å². The van der Waals surface area contributed by atoms with E-state index in [1.54, 1.807) is 22.9 Å². The highest BCUT2D eigenvalue weighted by Gasteiger charge is 2.28. The van der Waals surface area contributed by atoms with Gasteiger partial charge in [-0.25, -0.2) is 12.7 Å². The van der Waals surface area contributed by atoms with Crippen molar-refractivity contribution in [1.82, 2.24) is 24.1 Å². The molecule has 0 bridgehead atoms. The van der Waals surface area contributed by atoms with Crippen LogP contribution < -0.4 is 0 Å². The summed E-state index contributed by atoms with van der Waals surface area (Å²) in [5, 5.41) is 4.31. The first kappa shape index (κ1) is 17.0. The fourth-order valence-electron chi connectivity index (χ4n) is 3.02. The quantitative estimate of drug-likeness (QED) is 0.791. The van der Waals surface area contributed by atoms with E-state index in [2.05, 4.69) is 22.0 Å². The van der Waals surface area contributed by atoms with Crippen LogP contribution in [0.5, 0.6) is 0 Å². The first-order chi connectivity index (χ1) is 11.5. The molecule has 3 heterocycles. The Balaban J connectivity index is 1.62. The second-order valence-electron chi connectivity index (χ2n) is 6.36. The number of hydrogen-bond acceptors (Lipinski definition) is 5. The van der Waals surface area contributed by atoms with E-state index in [0.717, 1.165) is 42.8 Å². The van der Waals surface area contributed by atoms with E-state index in [-0.39, 0.29) is 0 Å². The molecule has 1 saturated heterocycles. The Morgan fingerprint density at radius 3 is 2.71 bits per heavy atom. The van der Waals surface area contributed by atoms with Gasteiger partial charge in [-0.3, -0.25) is 14.6 Å². The molecular weight excluding hydrogens is 326 g/mol. The highest BCUT2D eigenvalue weighted by molar-refractivity contribution is 7.88. The van der Waals surface area contributed by atoms with Crippen LogP contribution in [0.1, 0.15) is 25.5 Å². The summed E-state index contributed by atoms with van der Waals surface area (Å²) in [5.41, 5.74) is 2.68. The zero-order valence-corrected chi connectivity index (χ0v) is 14.9. The van der Waals surface area contributed by atoms with Crippen LogP contribution in [0, 0.1) is 5.92 Å². The van der Waals surface area contributed by atoms with Crippen molar-refractivity contribution >= 4 is 10.0 Å². The second-order valence-corrected chi connectivity index (χ2v) is 8.35. The van der Waals surface area contributed by atoms with Gasteiger partial charge in [-0.2, -0.15) is 5.10 Å². The minimum absolute atomic E-state index is 0.312. The maximum absolute atomic E-state index is 11.6. The molecule has 0 amide bonds. The van der Waals surface area contributed by atoms with E-state index < -0.39 is 10.0 Å². The van der Waals surface area contributed by atoms with Gasteiger partial charge in [0.15, 0.2) is 0 Å². The lowest BCUT2D eigenvalue weighted by molar-refractivity contribution is 0.459.